The number of benzene rings is 1. The highest BCUT2D eigenvalue weighted by molar-refractivity contribution is 5.99. The predicted molar refractivity (Wildman–Crippen MR) is 225 cm³/mol. The Morgan fingerprint density at radius 1 is 0.714 bits per heavy atom. The SMILES string of the molecule is CC[C@H](C)[C@@H]1NC(=O)[C@H](C)NC(=O)[C@H](C(C)C)NC(=O)[C@H]([C@@H](C)O)NC(=O)CNC(=O)[C@H](Cc2ccc(O)cc2)NC(=O)[C@H](CO)NC(=O)[C@H](CCN)NC(=O)[C@@H]2CCCN2C1=O. The average molecular weight is 889 g/mol. The first kappa shape index (κ1) is 51.5. The van der Waals surface area contributed by atoms with Gasteiger partial charge in [-0.1, -0.05) is 46.2 Å². The fourth-order valence-electron chi connectivity index (χ4n) is 7.03. The number of carbonyl (C=O) groups excluding carboxylic acids is 9. The number of nitrogens with zero attached hydrogens (tertiary/aromatic N) is 1. The van der Waals surface area contributed by atoms with Crippen LogP contribution < -0.4 is 48.3 Å². The molecule has 0 radical (unpaired) electrons. The summed E-state index contributed by atoms with van der Waals surface area (Å²) in [5, 5.41) is 50.4. The Kier molecular flexibility index (Phi) is 19.7. The number of fused-ring (bicyclic) bond motifs is 1. The van der Waals surface area contributed by atoms with Crippen LogP contribution in [0.3, 0.4) is 0 Å². The molecule has 2 fully saturated rings. The Bertz CT molecular complexity index is 1810. The minimum absolute atomic E-state index is 0.0809. The molecule has 22 heteroatoms. The zero-order chi connectivity index (χ0) is 47.1. The van der Waals surface area contributed by atoms with Crippen LogP contribution in [0.2, 0.25) is 0 Å². The van der Waals surface area contributed by atoms with Gasteiger partial charge in [0.1, 0.15) is 54.1 Å². The second-order valence-corrected chi connectivity index (χ2v) is 16.3. The largest absolute Gasteiger partial charge is 0.508 e. The van der Waals surface area contributed by atoms with Crippen LogP contribution in [-0.2, 0) is 49.6 Å². The van der Waals surface area contributed by atoms with E-state index in [9.17, 15) is 58.5 Å². The van der Waals surface area contributed by atoms with Crippen LogP contribution in [0.4, 0.5) is 0 Å². The summed E-state index contributed by atoms with van der Waals surface area (Å²) < 4.78 is 0. The maximum absolute atomic E-state index is 14.2. The van der Waals surface area contributed by atoms with Crippen molar-refractivity contribution >= 4 is 53.2 Å². The number of aliphatic hydroxyl groups excluding tert-OH is 2. The molecule has 2 heterocycles. The second kappa shape index (κ2) is 24.1. The smallest absolute Gasteiger partial charge is 0.246 e. The summed E-state index contributed by atoms with van der Waals surface area (Å²) in [6, 6.07) is -5.17. The van der Waals surface area contributed by atoms with E-state index in [2.05, 4.69) is 42.5 Å². The van der Waals surface area contributed by atoms with Crippen molar-refractivity contribution in [2.24, 2.45) is 17.6 Å². The van der Waals surface area contributed by atoms with E-state index < -0.39 is 133 Å². The average Bonchev–Trinajstić information content (AvgIpc) is 3.74. The van der Waals surface area contributed by atoms with Crippen LogP contribution >= 0.6 is 0 Å². The molecule has 2 saturated heterocycles. The molecule has 9 amide bonds. The standard InChI is InChI=1S/C41H64N10O12/c1-7-21(4)32-41(63)51-16-8-9-29(51)38(60)45-26(14-15-42)36(58)47-28(19-52)37(59)46-27(17-24-10-12-25(54)13-11-24)35(57)43-18-30(55)48-33(23(6)53)40(62)49-31(20(2)3)39(61)44-22(5)34(56)50-32/h10-13,20-23,26-29,31-33,52-54H,7-9,14-19,42H2,1-6H3,(H,43,57)(H,44,61)(H,45,60)(H,46,59)(H,47,58)(H,48,55)(H,49,62)(H,50,56)/t21-,22-,23+,26-,27-,28-,29-,31-,32-,33-/m0/s1. The summed E-state index contributed by atoms with van der Waals surface area (Å²) in [5.41, 5.74) is 6.23. The van der Waals surface area contributed by atoms with Gasteiger partial charge in [0.05, 0.1) is 19.3 Å². The Morgan fingerprint density at radius 3 is 1.89 bits per heavy atom. The van der Waals surface area contributed by atoms with E-state index in [4.69, 9.17) is 5.73 Å². The third-order valence-electron chi connectivity index (χ3n) is 11.0. The van der Waals surface area contributed by atoms with E-state index in [-0.39, 0.29) is 38.1 Å². The van der Waals surface area contributed by atoms with Crippen molar-refractivity contribution in [1.29, 1.82) is 0 Å². The van der Waals surface area contributed by atoms with Gasteiger partial charge in [0.25, 0.3) is 0 Å². The van der Waals surface area contributed by atoms with Crippen molar-refractivity contribution in [2.75, 3.05) is 26.2 Å². The number of aromatic hydroxyl groups is 1. The molecule has 0 bridgehead atoms. The maximum atomic E-state index is 14.2. The Labute approximate surface area is 366 Å². The number of nitrogens with two attached hydrogens (primary N) is 1. The highest BCUT2D eigenvalue weighted by Gasteiger charge is 2.41. The first-order chi connectivity index (χ1) is 29.7. The molecule has 63 heavy (non-hydrogen) atoms. The first-order valence-electron chi connectivity index (χ1n) is 21.2. The second-order valence-electron chi connectivity index (χ2n) is 16.3. The molecule has 1 aromatic rings. The number of phenolic OH excluding ortho intramolecular Hbond substituents is 1. The van der Waals surface area contributed by atoms with E-state index in [0.29, 0.717) is 18.4 Å². The molecule has 0 unspecified atom stereocenters. The molecule has 0 aliphatic carbocycles. The van der Waals surface area contributed by atoms with Crippen molar-refractivity contribution in [2.45, 2.75) is 128 Å². The zero-order valence-electron chi connectivity index (χ0n) is 36.6. The summed E-state index contributed by atoms with van der Waals surface area (Å²) in [6.45, 7) is 7.69. The number of phenols is 1. The highest BCUT2D eigenvalue weighted by atomic mass is 16.3. The monoisotopic (exact) mass is 888 g/mol. The molecule has 3 rings (SSSR count). The lowest BCUT2D eigenvalue weighted by Crippen LogP contribution is -2.61. The van der Waals surface area contributed by atoms with Crippen molar-refractivity contribution in [1.82, 2.24) is 47.4 Å². The van der Waals surface area contributed by atoms with Crippen LogP contribution in [-0.4, -0.2) is 154 Å². The fraction of sp³-hybridized carbons (Fsp3) is 0.634. The molecule has 13 N–H and O–H groups in total. The molecule has 10 atom stereocenters. The van der Waals surface area contributed by atoms with Crippen LogP contribution in [0.25, 0.3) is 0 Å². The zero-order valence-corrected chi connectivity index (χ0v) is 36.6. The molecular formula is C41H64N10O12. The lowest BCUT2D eigenvalue weighted by molar-refractivity contribution is -0.143. The third-order valence-corrected chi connectivity index (χ3v) is 11.0. The molecule has 0 aromatic heterocycles. The summed E-state index contributed by atoms with van der Waals surface area (Å²) in [7, 11) is 0. The summed E-state index contributed by atoms with van der Waals surface area (Å²) in [6.07, 6.45) is -0.760. The predicted octanol–water partition coefficient (Wildman–Crippen LogP) is -4.11. The Balaban J connectivity index is 2.04. The number of carbonyl (C=O) groups is 9. The van der Waals surface area contributed by atoms with Crippen LogP contribution in [0.15, 0.2) is 24.3 Å². The minimum Gasteiger partial charge on any atom is -0.508 e. The molecule has 0 saturated carbocycles. The van der Waals surface area contributed by atoms with E-state index in [1.54, 1.807) is 27.7 Å². The van der Waals surface area contributed by atoms with E-state index in [1.165, 1.54) is 43.0 Å². The van der Waals surface area contributed by atoms with Crippen molar-refractivity contribution in [3.8, 4) is 5.75 Å². The van der Waals surface area contributed by atoms with Crippen LogP contribution in [0.5, 0.6) is 5.75 Å². The molecular weight excluding hydrogens is 825 g/mol. The number of amides is 9. The van der Waals surface area contributed by atoms with Crippen LogP contribution in [0, 0.1) is 11.8 Å². The van der Waals surface area contributed by atoms with Crippen molar-refractivity contribution in [3.05, 3.63) is 29.8 Å². The number of hydrogen-bond acceptors (Lipinski definition) is 13. The van der Waals surface area contributed by atoms with Crippen molar-refractivity contribution in [3.63, 3.8) is 0 Å². The van der Waals surface area contributed by atoms with Gasteiger partial charge < -0.3 is 68.5 Å². The van der Waals surface area contributed by atoms with Crippen molar-refractivity contribution < 1.29 is 58.5 Å². The van der Waals surface area contributed by atoms with Gasteiger partial charge in [-0.25, -0.2) is 0 Å². The normalized spacial score (nSPS) is 27.9. The molecule has 1 aromatic carbocycles. The van der Waals surface area contributed by atoms with Gasteiger partial charge in [-0.3, -0.25) is 43.2 Å². The molecule has 22 nitrogen and oxygen atoms in total. The van der Waals surface area contributed by atoms with E-state index in [0.717, 1.165) is 0 Å². The molecule has 2 aliphatic rings. The van der Waals surface area contributed by atoms with E-state index >= 15 is 0 Å². The van der Waals surface area contributed by atoms with Gasteiger partial charge in [0.2, 0.25) is 53.2 Å². The van der Waals surface area contributed by atoms with Gasteiger partial charge in [-0.15, -0.1) is 0 Å². The fourth-order valence-corrected chi connectivity index (χ4v) is 7.03. The molecule has 350 valence electrons. The Morgan fingerprint density at radius 2 is 1.30 bits per heavy atom. The van der Waals surface area contributed by atoms with Gasteiger partial charge in [-0.05, 0) is 69.2 Å². The highest BCUT2D eigenvalue weighted by Crippen LogP contribution is 2.22. The first-order valence-corrected chi connectivity index (χ1v) is 21.2. The molecule has 0 spiro atoms. The third kappa shape index (κ3) is 14.6. The summed E-state index contributed by atoms with van der Waals surface area (Å²) >= 11 is 0. The lowest BCUT2D eigenvalue weighted by Gasteiger charge is -2.33. The van der Waals surface area contributed by atoms with Crippen LogP contribution in [0.1, 0.15) is 72.8 Å². The van der Waals surface area contributed by atoms with Gasteiger partial charge in [0.15, 0.2) is 0 Å². The summed E-state index contributed by atoms with van der Waals surface area (Å²) in [5.74, 6) is -8.68. The van der Waals surface area contributed by atoms with E-state index in [1.807, 2.05) is 0 Å². The molecule has 2 aliphatic heterocycles. The van der Waals surface area contributed by atoms with Gasteiger partial charge >= 0.3 is 0 Å². The van der Waals surface area contributed by atoms with Gasteiger partial charge in [0, 0.05) is 13.0 Å². The number of aliphatic hydroxyl groups is 2. The van der Waals surface area contributed by atoms with Gasteiger partial charge in [-0.2, -0.15) is 0 Å². The number of hydrogen-bond donors (Lipinski definition) is 12. The number of rotatable bonds is 9. The quantitative estimate of drug-likeness (QED) is 0.112. The summed E-state index contributed by atoms with van der Waals surface area (Å²) in [4.78, 5) is 124. The number of nitrogens with one attached hydrogen (secondary N) is 8. The Hall–Kier alpha value is -5.87. The topological polar surface area (TPSA) is 340 Å². The lowest BCUT2D eigenvalue weighted by atomic mass is 9.96. The maximum Gasteiger partial charge on any atom is 0.246 e. The minimum atomic E-state index is -1.66.